The molecule has 1 amide bonds. The molecule has 5 heteroatoms. The normalized spacial score (nSPS) is 22.0. The third-order valence-electron chi connectivity index (χ3n) is 4.44. The number of rotatable bonds is 4. The van der Waals surface area contributed by atoms with Crippen molar-refractivity contribution in [1.82, 2.24) is 9.88 Å². The molecule has 1 saturated heterocycles. The minimum Gasteiger partial charge on any atom is -0.369 e. The van der Waals surface area contributed by atoms with Gasteiger partial charge in [-0.1, -0.05) is 0 Å². The molecule has 1 saturated carbocycles. The Kier molecular flexibility index (Phi) is 5.00. The molecule has 20 heavy (non-hydrogen) atoms. The van der Waals surface area contributed by atoms with Gasteiger partial charge in [0.2, 0.25) is 5.91 Å². The van der Waals surface area contributed by atoms with Gasteiger partial charge in [-0.3, -0.25) is 14.7 Å². The monoisotopic (exact) mass is 295 g/mol. The summed E-state index contributed by atoms with van der Waals surface area (Å²) >= 11 is 0. The van der Waals surface area contributed by atoms with Gasteiger partial charge in [0.25, 0.3) is 0 Å². The molecule has 1 atom stereocenters. The molecule has 2 aliphatic rings. The Balaban J connectivity index is 0.00000147. The maximum atomic E-state index is 11.2. The van der Waals surface area contributed by atoms with Gasteiger partial charge in [0, 0.05) is 24.4 Å². The van der Waals surface area contributed by atoms with E-state index in [1.807, 2.05) is 12.4 Å². The van der Waals surface area contributed by atoms with Crippen LogP contribution in [0.3, 0.4) is 0 Å². The maximum Gasteiger partial charge on any atom is 0.220 e. The average molecular weight is 296 g/mol. The van der Waals surface area contributed by atoms with Crippen molar-refractivity contribution in [1.29, 1.82) is 0 Å². The predicted molar refractivity (Wildman–Crippen MR) is 80.4 cm³/mol. The average Bonchev–Trinajstić information content (AvgIpc) is 3.25. The molecule has 2 fully saturated rings. The first-order valence-electron chi connectivity index (χ1n) is 7.19. The van der Waals surface area contributed by atoms with Crippen molar-refractivity contribution < 1.29 is 4.79 Å². The van der Waals surface area contributed by atoms with Crippen molar-refractivity contribution in [3.05, 3.63) is 30.1 Å². The van der Waals surface area contributed by atoms with Crippen LogP contribution in [-0.2, 0) is 4.79 Å². The van der Waals surface area contributed by atoms with Crippen LogP contribution in [0.5, 0.6) is 0 Å². The van der Waals surface area contributed by atoms with Crippen LogP contribution in [0.4, 0.5) is 0 Å². The van der Waals surface area contributed by atoms with Gasteiger partial charge in [-0.15, -0.1) is 12.4 Å². The summed E-state index contributed by atoms with van der Waals surface area (Å²) in [7, 11) is 0. The van der Waals surface area contributed by atoms with Crippen LogP contribution in [0.1, 0.15) is 37.3 Å². The van der Waals surface area contributed by atoms with Crippen LogP contribution < -0.4 is 5.73 Å². The Morgan fingerprint density at radius 3 is 2.30 bits per heavy atom. The third-order valence-corrected chi connectivity index (χ3v) is 4.44. The summed E-state index contributed by atoms with van der Waals surface area (Å²) in [4.78, 5) is 17.9. The zero-order chi connectivity index (χ0) is 13.2. The second-order valence-corrected chi connectivity index (χ2v) is 5.78. The molecule has 4 nitrogen and oxygen atoms in total. The molecule has 0 radical (unpaired) electrons. The summed E-state index contributed by atoms with van der Waals surface area (Å²) in [6.07, 6.45) is 8.21. The van der Waals surface area contributed by atoms with E-state index in [4.69, 9.17) is 5.73 Å². The number of likely N-dealkylation sites (tertiary alicyclic amines) is 1. The number of nitrogens with zero attached hydrogens (tertiary/aromatic N) is 2. The zero-order valence-corrected chi connectivity index (χ0v) is 12.4. The quantitative estimate of drug-likeness (QED) is 0.926. The van der Waals surface area contributed by atoms with E-state index in [9.17, 15) is 4.79 Å². The number of pyridine rings is 1. The summed E-state index contributed by atoms with van der Waals surface area (Å²) in [5.41, 5.74) is 6.78. The minimum absolute atomic E-state index is 0. The van der Waals surface area contributed by atoms with Gasteiger partial charge in [0.15, 0.2) is 0 Å². The van der Waals surface area contributed by atoms with Gasteiger partial charge < -0.3 is 5.73 Å². The second-order valence-electron chi connectivity index (χ2n) is 5.78. The maximum absolute atomic E-state index is 11.2. The molecule has 110 valence electrons. The van der Waals surface area contributed by atoms with Crippen LogP contribution in [0.25, 0.3) is 0 Å². The van der Waals surface area contributed by atoms with Crippen LogP contribution in [-0.4, -0.2) is 28.9 Å². The second kappa shape index (κ2) is 6.55. The van der Waals surface area contributed by atoms with Crippen molar-refractivity contribution in [2.24, 2.45) is 17.6 Å². The first-order valence-corrected chi connectivity index (χ1v) is 7.19. The van der Waals surface area contributed by atoms with E-state index >= 15 is 0 Å². The first kappa shape index (κ1) is 15.3. The highest BCUT2D eigenvalue weighted by atomic mass is 35.5. The molecule has 1 aromatic heterocycles. The molecular weight excluding hydrogens is 274 g/mol. The Labute approximate surface area is 126 Å². The Bertz CT molecular complexity index is 442. The van der Waals surface area contributed by atoms with Crippen LogP contribution in [0.2, 0.25) is 0 Å². The van der Waals surface area contributed by atoms with Crippen LogP contribution in [0, 0.1) is 11.8 Å². The number of nitrogens with two attached hydrogens (primary N) is 1. The van der Waals surface area contributed by atoms with Gasteiger partial charge in [-0.25, -0.2) is 0 Å². The van der Waals surface area contributed by atoms with Gasteiger partial charge in [-0.05, 0) is 62.4 Å². The molecule has 1 unspecified atom stereocenters. The topological polar surface area (TPSA) is 59.2 Å². The van der Waals surface area contributed by atoms with E-state index in [0.29, 0.717) is 6.04 Å². The van der Waals surface area contributed by atoms with E-state index in [2.05, 4.69) is 22.0 Å². The summed E-state index contributed by atoms with van der Waals surface area (Å²) in [5.74, 6) is 0.729. The van der Waals surface area contributed by atoms with Gasteiger partial charge in [-0.2, -0.15) is 0 Å². The lowest BCUT2D eigenvalue weighted by Gasteiger charge is -2.37. The number of aromatic nitrogens is 1. The van der Waals surface area contributed by atoms with E-state index in [-0.39, 0.29) is 24.2 Å². The number of halogens is 1. The molecule has 1 aliphatic heterocycles. The largest absolute Gasteiger partial charge is 0.369 e. The molecule has 0 bridgehead atoms. The number of amides is 1. The van der Waals surface area contributed by atoms with Crippen molar-refractivity contribution >= 4 is 18.3 Å². The summed E-state index contributed by atoms with van der Waals surface area (Å²) in [5, 5.41) is 0. The molecule has 0 aromatic carbocycles. The van der Waals surface area contributed by atoms with Crippen molar-refractivity contribution in [3.63, 3.8) is 0 Å². The zero-order valence-electron chi connectivity index (χ0n) is 11.6. The number of hydrogen-bond acceptors (Lipinski definition) is 3. The van der Waals surface area contributed by atoms with Crippen LogP contribution in [0.15, 0.2) is 24.5 Å². The van der Waals surface area contributed by atoms with Crippen LogP contribution >= 0.6 is 12.4 Å². The van der Waals surface area contributed by atoms with E-state index in [1.165, 1.54) is 18.4 Å². The van der Waals surface area contributed by atoms with Gasteiger partial charge in [0.05, 0.1) is 0 Å². The predicted octanol–water partition coefficient (Wildman–Crippen LogP) is 2.15. The fraction of sp³-hybridized carbons (Fsp3) is 0.600. The number of carbonyl (C=O) groups excluding carboxylic acids is 1. The first-order chi connectivity index (χ1) is 9.25. The highest BCUT2D eigenvalue weighted by Crippen LogP contribution is 2.45. The standard InChI is InChI=1S/C15H21N3O.ClH/c16-15(19)13-5-9-18(10-6-13)14(11-1-2-11)12-3-7-17-8-4-12;/h3-4,7-8,11,13-14H,1-2,5-6,9-10H2,(H2,16,19);1H. The number of primary amides is 1. The van der Waals surface area contributed by atoms with Crippen molar-refractivity contribution in [3.8, 4) is 0 Å². The van der Waals surface area contributed by atoms with E-state index in [1.54, 1.807) is 0 Å². The molecule has 1 aromatic rings. The SMILES string of the molecule is Cl.NC(=O)C1CCN(C(c2ccncc2)C2CC2)CC1. The summed E-state index contributed by atoms with van der Waals surface area (Å²) in [6, 6.07) is 4.77. The number of hydrogen-bond donors (Lipinski definition) is 1. The number of piperidine rings is 1. The smallest absolute Gasteiger partial charge is 0.220 e. The Morgan fingerprint density at radius 1 is 1.20 bits per heavy atom. The Hall–Kier alpha value is -1.13. The molecule has 0 spiro atoms. The molecule has 1 aliphatic carbocycles. The highest BCUT2D eigenvalue weighted by Gasteiger charge is 2.38. The minimum atomic E-state index is -0.133. The third kappa shape index (κ3) is 3.30. The summed E-state index contributed by atoms with van der Waals surface area (Å²) in [6.45, 7) is 1.97. The van der Waals surface area contributed by atoms with Gasteiger partial charge in [0.1, 0.15) is 0 Å². The molecule has 3 rings (SSSR count). The fourth-order valence-corrected chi connectivity index (χ4v) is 3.22. The summed E-state index contributed by atoms with van der Waals surface area (Å²) < 4.78 is 0. The lowest BCUT2D eigenvalue weighted by Crippen LogP contribution is -2.41. The van der Waals surface area contributed by atoms with E-state index < -0.39 is 0 Å². The van der Waals surface area contributed by atoms with E-state index in [0.717, 1.165) is 31.8 Å². The number of carbonyl (C=O) groups is 1. The van der Waals surface area contributed by atoms with Crippen molar-refractivity contribution in [2.45, 2.75) is 31.7 Å². The highest BCUT2D eigenvalue weighted by molar-refractivity contribution is 5.85. The Morgan fingerprint density at radius 2 is 1.80 bits per heavy atom. The lowest BCUT2D eigenvalue weighted by atomic mass is 9.92. The fourth-order valence-electron chi connectivity index (χ4n) is 3.22. The molecule has 2 N–H and O–H groups in total. The lowest BCUT2D eigenvalue weighted by molar-refractivity contribution is -0.123. The van der Waals surface area contributed by atoms with Crippen molar-refractivity contribution in [2.75, 3.05) is 13.1 Å². The molecule has 2 heterocycles. The van der Waals surface area contributed by atoms with Gasteiger partial charge >= 0.3 is 0 Å². The molecular formula is C15H22ClN3O.